The average molecular weight is 285 g/mol. The summed E-state index contributed by atoms with van der Waals surface area (Å²) in [6.07, 6.45) is 8.87. The van der Waals surface area contributed by atoms with Gasteiger partial charge in [0.05, 0.1) is 11.9 Å². The van der Waals surface area contributed by atoms with Crippen LogP contribution in [-0.2, 0) is 6.42 Å². The van der Waals surface area contributed by atoms with E-state index in [9.17, 15) is 0 Å². The van der Waals surface area contributed by atoms with Gasteiger partial charge >= 0.3 is 0 Å². The lowest BCUT2D eigenvalue weighted by Gasteiger charge is -2.12. The molecule has 0 bridgehead atoms. The molecule has 1 atom stereocenters. The minimum Gasteiger partial charge on any atom is -0.314 e. The Morgan fingerprint density at radius 2 is 2.14 bits per heavy atom. The summed E-state index contributed by atoms with van der Waals surface area (Å²) in [5, 5.41) is 8.24. The second-order valence-corrected chi connectivity index (χ2v) is 6.12. The van der Waals surface area contributed by atoms with Crippen LogP contribution in [0.2, 0.25) is 0 Å². The number of nitrogens with one attached hydrogen (secondary N) is 1. The normalized spacial score (nSPS) is 16.1. The zero-order chi connectivity index (χ0) is 14.8. The van der Waals surface area contributed by atoms with Gasteiger partial charge in [-0.3, -0.25) is 4.98 Å². The topological polar surface area (TPSA) is 55.6 Å². The fourth-order valence-corrected chi connectivity index (χ4v) is 2.67. The van der Waals surface area contributed by atoms with Crippen molar-refractivity contribution >= 4 is 0 Å². The van der Waals surface area contributed by atoms with Crippen molar-refractivity contribution in [3.05, 3.63) is 35.5 Å². The van der Waals surface area contributed by atoms with Crippen LogP contribution in [0.1, 0.15) is 36.7 Å². The van der Waals surface area contributed by atoms with Gasteiger partial charge in [0.25, 0.3) is 0 Å². The summed E-state index contributed by atoms with van der Waals surface area (Å²) in [7, 11) is 0. The Kier molecular flexibility index (Phi) is 4.01. The van der Waals surface area contributed by atoms with Crippen molar-refractivity contribution in [1.29, 1.82) is 0 Å². The molecule has 0 aliphatic heterocycles. The Morgan fingerprint density at radius 3 is 2.81 bits per heavy atom. The highest BCUT2D eigenvalue weighted by atomic mass is 15.3. The summed E-state index contributed by atoms with van der Waals surface area (Å²) in [4.78, 5) is 8.46. The number of aryl methyl sites for hydroxylation is 1. The molecule has 0 spiro atoms. The molecule has 0 amide bonds. The van der Waals surface area contributed by atoms with E-state index in [4.69, 9.17) is 0 Å². The van der Waals surface area contributed by atoms with Gasteiger partial charge < -0.3 is 5.32 Å². The van der Waals surface area contributed by atoms with E-state index in [0.717, 1.165) is 30.5 Å². The smallest absolute Gasteiger partial charge is 0.172 e. The van der Waals surface area contributed by atoms with Gasteiger partial charge in [-0.25, -0.2) is 9.67 Å². The maximum atomic E-state index is 4.63. The van der Waals surface area contributed by atoms with Gasteiger partial charge in [0.2, 0.25) is 0 Å². The van der Waals surface area contributed by atoms with Crippen LogP contribution in [0.3, 0.4) is 0 Å². The molecule has 0 radical (unpaired) electrons. The largest absolute Gasteiger partial charge is 0.314 e. The van der Waals surface area contributed by atoms with Crippen LogP contribution in [0.15, 0.2) is 18.6 Å². The Morgan fingerprint density at radius 1 is 1.33 bits per heavy atom. The second kappa shape index (κ2) is 5.93. The predicted octanol–water partition coefficient (Wildman–Crippen LogP) is 2.21. The summed E-state index contributed by atoms with van der Waals surface area (Å²) in [6, 6.07) is 0.775. The lowest BCUT2D eigenvalue weighted by atomic mass is 9.99. The van der Waals surface area contributed by atoms with Crippen LogP contribution in [0, 0.1) is 19.8 Å². The first-order chi connectivity index (χ1) is 10.1. The molecule has 21 heavy (non-hydrogen) atoms. The molecule has 1 fully saturated rings. The van der Waals surface area contributed by atoms with Crippen molar-refractivity contribution in [2.75, 3.05) is 6.54 Å². The molecule has 2 aromatic rings. The summed E-state index contributed by atoms with van der Waals surface area (Å²) in [6.45, 7) is 7.58. The fraction of sp³-hybridized carbons (Fsp3) is 0.562. The van der Waals surface area contributed by atoms with Gasteiger partial charge in [-0.05, 0) is 51.1 Å². The molecule has 0 saturated heterocycles. The zero-order valence-corrected chi connectivity index (χ0v) is 13.0. The number of rotatable bonds is 6. The van der Waals surface area contributed by atoms with E-state index in [1.54, 1.807) is 18.6 Å². The Labute approximate surface area is 125 Å². The van der Waals surface area contributed by atoms with Crippen molar-refractivity contribution in [3.8, 4) is 5.82 Å². The third-order valence-electron chi connectivity index (χ3n) is 4.09. The van der Waals surface area contributed by atoms with Crippen molar-refractivity contribution in [2.24, 2.45) is 5.92 Å². The van der Waals surface area contributed by atoms with Gasteiger partial charge in [-0.2, -0.15) is 5.10 Å². The van der Waals surface area contributed by atoms with E-state index >= 15 is 0 Å². The SMILES string of the molecule is Cc1nn(-c2cnccn2)c(C)c1CC(C)CNC1CC1. The molecule has 1 aliphatic rings. The average Bonchev–Trinajstić information content (AvgIpc) is 3.28. The van der Waals surface area contributed by atoms with E-state index in [1.807, 2.05) is 4.68 Å². The summed E-state index contributed by atoms with van der Waals surface area (Å²) >= 11 is 0. The first-order valence-electron chi connectivity index (χ1n) is 7.70. The highest BCUT2D eigenvalue weighted by molar-refractivity contribution is 5.31. The fourth-order valence-electron chi connectivity index (χ4n) is 2.67. The van der Waals surface area contributed by atoms with E-state index in [-0.39, 0.29) is 0 Å². The van der Waals surface area contributed by atoms with Gasteiger partial charge in [0.1, 0.15) is 0 Å². The van der Waals surface area contributed by atoms with Crippen LogP contribution in [0.5, 0.6) is 0 Å². The molecule has 112 valence electrons. The predicted molar refractivity (Wildman–Crippen MR) is 82.5 cm³/mol. The van der Waals surface area contributed by atoms with Gasteiger partial charge in [0.15, 0.2) is 5.82 Å². The molecule has 5 nitrogen and oxygen atoms in total. The van der Waals surface area contributed by atoms with E-state index in [1.165, 1.54) is 24.1 Å². The van der Waals surface area contributed by atoms with Gasteiger partial charge in [-0.15, -0.1) is 0 Å². The Balaban J connectivity index is 1.74. The van der Waals surface area contributed by atoms with Crippen molar-refractivity contribution < 1.29 is 0 Å². The van der Waals surface area contributed by atoms with Crippen LogP contribution >= 0.6 is 0 Å². The minimum absolute atomic E-state index is 0.613. The maximum Gasteiger partial charge on any atom is 0.172 e. The molecule has 2 heterocycles. The minimum atomic E-state index is 0.613. The molecule has 3 rings (SSSR count). The molecule has 5 heteroatoms. The molecule has 1 saturated carbocycles. The first kappa shape index (κ1) is 14.2. The number of hydrogen-bond acceptors (Lipinski definition) is 4. The molecule has 1 N–H and O–H groups in total. The lowest BCUT2D eigenvalue weighted by Crippen LogP contribution is -2.24. The number of hydrogen-bond donors (Lipinski definition) is 1. The number of nitrogens with zero attached hydrogens (tertiary/aromatic N) is 4. The molecule has 2 aromatic heterocycles. The van der Waals surface area contributed by atoms with Crippen molar-refractivity contribution in [3.63, 3.8) is 0 Å². The summed E-state index contributed by atoms with van der Waals surface area (Å²) in [5.74, 6) is 1.40. The van der Waals surface area contributed by atoms with E-state index in [2.05, 4.69) is 41.2 Å². The lowest BCUT2D eigenvalue weighted by molar-refractivity contribution is 0.507. The molecule has 1 aliphatic carbocycles. The number of aromatic nitrogens is 4. The second-order valence-electron chi connectivity index (χ2n) is 6.12. The monoisotopic (exact) mass is 285 g/mol. The van der Waals surface area contributed by atoms with Crippen molar-refractivity contribution in [2.45, 2.75) is 46.1 Å². The third kappa shape index (κ3) is 3.29. The Bertz CT molecular complexity index is 601. The van der Waals surface area contributed by atoms with Crippen molar-refractivity contribution in [1.82, 2.24) is 25.1 Å². The van der Waals surface area contributed by atoms with Crippen LogP contribution in [0.25, 0.3) is 5.82 Å². The first-order valence-corrected chi connectivity index (χ1v) is 7.70. The highest BCUT2D eigenvalue weighted by Crippen LogP contribution is 2.22. The van der Waals surface area contributed by atoms with Crippen LogP contribution < -0.4 is 5.32 Å². The quantitative estimate of drug-likeness (QED) is 0.884. The van der Waals surface area contributed by atoms with E-state index < -0.39 is 0 Å². The van der Waals surface area contributed by atoms with Gasteiger partial charge in [0, 0.05) is 24.1 Å². The zero-order valence-electron chi connectivity index (χ0n) is 13.0. The third-order valence-corrected chi connectivity index (χ3v) is 4.09. The summed E-state index contributed by atoms with van der Waals surface area (Å²) in [5.41, 5.74) is 3.61. The molecular weight excluding hydrogens is 262 g/mol. The maximum absolute atomic E-state index is 4.63. The molecular formula is C16H23N5. The summed E-state index contributed by atoms with van der Waals surface area (Å²) < 4.78 is 1.90. The molecule has 1 unspecified atom stereocenters. The van der Waals surface area contributed by atoms with Crippen LogP contribution in [-0.4, -0.2) is 32.3 Å². The van der Waals surface area contributed by atoms with Gasteiger partial charge in [-0.1, -0.05) is 6.92 Å². The van der Waals surface area contributed by atoms with Crippen LogP contribution in [0.4, 0.5) is 0 Å². The van der Waals surface area contributed by atoms with E-state index in [0.29, 0.717) is 5.92 Å². The molecule has 0 aromatic carbocycles. The standard InChI is InChI=1S/C16H23N5/c1-11(9-19-14-4-5-14)8-15-12(2)20-21(13(15)3)16-10-17-6-7-18-16/h6-7,10-11,14,19H,4-5,8-9H2,1-3H3. The Hall–Kier alpha value is -1.75. The highest BCUT2D eigenvalue weighted by Gasteiger charge is 2.22.